The minimum atomic E-state index is -3.88. The SMILES string of the molecule is Cc1ccc(N(C)S(=O)(=O)c2cccc(C(=O)Nc3ccccc3C(=O)NCC(C)C)c2)cc1. The van der Waals surface area contributed by atoms with Gasteiger partial charge >= 0.3 is 0 Å². The zero-order valence-corrected chi connectivity index (χ0v) is 20.5. The maximum atomic E-state index is 13.2. The number of amides is 2. The van der Waals surface area contributed by atoms with Gasteiger partial charge < -0.3 is 10.6 Å². The van der Waals surface area contributed by atoms with Crippen molar-refractivity contribution in [3.05, 3.63) is 89.5 Å². The van der Waals surface area contributed by atoms with Crippen LogP contribution < -0.4 is 14.9 Å². The Bertz CT molecular complexity index is 1290. The van der Waals surface area contributed by atoms with Crippen LogP contribution in [0.3, 0.4) is 0 Å². The minimum absolute atomic E-state index is 0.00816. The van der Waals surface area contributed by atoms with Gasteiger partial charge in [0.2, 0.25) is 0 Å². The minimum Gasteiger partial charge on any atom is -0.352 e. The van der Waals surface area contributed by atoms with Gasteiger partial charge in [0.1, 0.15) is 0 Å². The Morgan fingerprint density at radius 3 is 2.26 bits per heavy atom. The number of anilines is 2. The highest BCUT2D eigenvalue weighted by atomic mass is 32.2. The lowest BCUT2D eigenvalue weighted by Gasteiger charge is -2.20. The zero-order valence-electron chi connectivity index (χ0n) is 19.7. The van der Waals surface area contributed by atoms with Gasteiger partial charge in [0.15, 0.2) is 0 Å². The van der Waals surface area contributed by atoms with Crippen molar-refractivity contribution in [3.63, 3.8) is 0 Å². The monoisotopic (exact) mass is 479 g/mol. The van der Waals surface area contributed by atoms with Crippen LogP contribution in [0.2, 0.25) is 0 Å². The zero-order chi connectivity index (χ0) is 24.9. The number of rotatable bonds is 8. The Balaban J connectivity index is 1.83. The molecular weight excluding hydrogens is 450 g/mol. The third kappa shape index (κ3) is 5.82. The molecule has 0 saturated heterocycles. The van der Waals surface area contributed by atoms with Crippen LogP contribution in [0.15, 0.2) is 77.7 Å². The molecule has 7 nitrogen and oxygen atoms in total. The van der Waals surface area contributed by atoms with Gasteiger partial charge in [0.05, 0.1) is 21.8 Å². The van der Waals surface area contributed by atoms with Gasteiger partial charge in [-0.15, -0.1) is 0 Å². The van der Waals surface area contributed by atoms with E-state index in [0.717, 1.165) is 5.56 Å². The Labute approximate surface area is 200 Å². The van der Waals surface area contributed by atoms with E-state index < -0.39 is 15.9 Å². The lowest BCUT2D eigenvalue weighted by Crippen LogP contribution is -2.28. The first-order valence-corrected chi connectivity index (χ1v) is 12.4. The van der Waals surface area contributed by atoms with Crippen molar-refractivity contribution in [3.8, 4) is 0 Å². The number of nitrogens with zero attached hydrogens (tertiary/aromatic N) is 1. The van der Waals surface area contributed by atoms with Crippen LogP contribution in [0, 0.1) is 12.8 Å². The maximum Gasteiger partial charge on any atom is 0.264 e. The van der Waals surface area contributed by atoms with Crippen LogP contribution in [-0.2, 0) is 10.0 Å². The molecule has 3 aromatic carbocycles. The molecular formula is C26H29N3O4S. The molecule has 0 spiro atoms. The predicted molar refractivity (Wildman–Crippen MR) is 135 cm³/mol. The van der Waals surface area contributed by atoms with Gasteiger partial charge in [0.25, 0.3) is 21.8 Å². The molecule has 34 heavy (non-hydrogen) atoms. The molecule has 0 aliphatic rings. The van der Waals surface area contributed by atoms with E-state index >= 15 is 0 Å². The van der Waals surface area contributed by atoms with Crippen molar-refractivity contribution >= 4 is 33.2 Å². The lowest BCUT2D eigenvalue weighted by molar-refractivity contribution is 0.0950. The Morgan fingerprint density at radius 2 is 1.59 bits per heavy atom. The molecule has 0 unspecified atom stereocenters. The number of benzene rings is 3. The second kappa shape index (κ2) is 10.5. The predicted octanol–water partition coefficient (Wildman–Crippen LogP) is 4.46. The van der Waals surface area contributed by atoms with Gasteiger partial charge in [-0.1, -0.05) is 49.7 Å². The number of nitrogens with one attached hydrogen (secondary N) is 2. The van der Waals surface area contributed by atoms with Crippen molar-refractivity contribution in [1.29, 1.82) is 0 Å². The smallest absolute Gasteiger partial charge is 0.264 e. The van der Waals surface area contributed by atoms with Gasteiger partial charge in [-0.05, 0) is 55.3 Å². The summed E-state index contributed by atoms with van der Waals surface area (Å²) in [7, 11) is -2.41. The highest BCUT2D eigenvalue weighted by Gasteiger charge is 2.23. The van der Waals surface area contributed by atoms with Crippen LogP contribution in [0.1, 0.15) is 40.1 Å². The van der Waals surface area contributed by atoms with Crippen LogP contribution in [0.25, 0.3) is 0 Å². The average molecular weight is 480 g/mol. The normalized spacial score (nSPS) is 11.2. The molecule has 2 amide bonds. The number of hydrogen-bond acceptors (Lipinski definition) is 4. The van der Waals surface area contributed by atoms with Crippen molar-refractivity contribution in [2.24, 2.45) is 5.92 Å². The summed E-state index contributed by atoms with van der Waals surface area (Å²) in [5.74, 6) is -0.520. The van der Waals surface area contributed by atoms with Crippen molar-refractivity contribution in [2.75, 3.05) is 23.2 Å². The van der Waals surface area contributed by atoms with E-state index in [9.17, 15) is 18.0 Å². The third-order valence-corrected chi connectivity index (χ3v) is 7.02. The largest absolute Gasteiger partial charge is 0.352 e. The van der Waals surface area contributed by atoms with E-state index in [1.165, 1.54) is 35.6 Å². The lowest BCUT2D eigenvalue weighted by atomic mass is 10.1. The summed E-state index contributed by atoms with van der Waals surface area (Å²) in [4.78, 5) is 25.5. The number of carbonyl (C=O) groups excluding carboxylic acids is 2. The molecule has 0 bridgehead atoms. The molecule has 8 heteroatoms. The average Bonchev–Trinajstić information content (AvgIpc) is 2.83. The molecule has 3 aromatic rings. The van der Waals surface area contributed by atoms with Crippen LogP contribution in [-0.4, -0.2) is 33.8 Å². The highest BCUT2D eigenvalue weighted by Crippen LogP contribution is 2.24. The quantitative estimate of drug-likeness (QED) is 0.499. The second-order valence-corrected chi connectivity index (χ2v) is 10.4. The summed E-state index contributed by atoms with van der Waals surface area (Å²) in [6.07, 6.45) is 0. The first-order chi connectivity index (χ1) is 16.1. The van der Waals surface area contributed by atoms with E-state index in [1.54, 1.807) is 36.4 Å². The van der Waals surface area contributed by atoms with E-state index in [4.69, 9.17) is 0 Å². The van der Waals surface area contributed by atoms with Crippen LogP contribution in [0.4, 0.5) is 11.4 Å². The fourth-order valence-electron chi connectivity index (χ4n) is 3.23. The molecule has 0 saturated carbocycles. The van der Waals surface area contributed by atoms with Crippen molar-refractivity contribution in [1.82, 2.24) is 5.32 Å². The van der Waals surface area contributed by atoms with E-state index in [-0.39, 0.29) is 22.3 Å². The fraction of sp³-hybridized carbons (Fsp3) is 0.231. The topological polar surface area (TPSA) is 95.6 Å². The summed E-state index contributed by atoms with van der Waals surface area (Å²) in [6, 6.07) is 19.6. The van der Waals surface area contributed by atoms with Gasteiger partial charge in [-0.2, -0.15) is 0 Å². The number of sulfonamides is 1. The Kier molecular flexibility index (Phi) is 7.73. The molecule has 2 N–H and O–H groups in total. The molecule has 0 aliphatic carbocycles. The number of carbonyl (C=O) groups is 2. The summed E-state index contributed by atoms with van der Waals surface area (Å²) in [5.41, 5.74) is 2.38. The highest BCUT2D eigenvalue weighted by molar-refractivity contribution is 7.92. The van der Waals surface area contributed by atoms with Crippen molar-refractivity contribution in [2.45, 2.75) is 25.7 Å². The molecule has 3 rings (SSSR count). The van der Waals surface area contributed by atoms with E-state index in [1.807, 2.05) is 32.9 Å². The Morgan fingerprint density at radius 1 is 0.912 bits per heavy atom. The Hall–Kier alpha value is -3.65. The molecule has 178 valence electrons. The van der Waals surface area contributed by atoms with Crippen molar-refractivity contribution < 1.29 is 18.0 Å². The summed E-state index contributed by atoms with van der Waals surface area (Å²) < 4.78 is 27.5. The van der Waals surface area contributed by atoms with Gasteiger partial charge in [-0.3, -0.25) is 13.9 Å². The summed E-state index contributed by atoms with van der Waals surface area (Å²) in [6.45, 7) is 6.42. The molecule has 0 atom stereocenters. The van der Waals surface area contributed by atoms with Gasteiger partial charge in [0, 0.05) is 19.2 Å². The van der Waals surface area contributed by atoms with E-state index in [0.29, 0.717) is 23.5 Å². The number of hydrogen-bond donors (Lipinski definition) is 2. The molecule has 0 aromatic heterocycles. The third-order valence-electron chi connectivity index (χ3n) is 5.24. The first kappa shape index (κ1) is 25.0. The number of para-hydroxylation sites is 1. The summed E-state index contributed by atoms with van der Waals surface area (Å²) in [5, 5.41) is 5.57. The second-order valence-electron chi connectivity index (χ2n) is 8.44. The maximum absolute atomic E-state index is 13.2. The summed E-state index contributed by atoms with van der Waals surface area (Å²) >= 11 is 0. The fourth-order valence-corrected chi connectivity index (χ4v) is 4.47. The standard InChI is InChI=1S/C26H29N3O4S/c1-18(2)17-27-26(31)23-10-5-6-11-24(23)28-25(30)20-8-7-9-22(16-20)34(32,33)29(4)21-14-12-19(3)13-15-21/h5-16,18H,17H2,1-4H3,(H,27,31)(H,28,30). The molecule has 0 aliphatic heterocycles. The van der Waals surface area contributed by atoms with E-state index in [2.05, 4.69) is 10.6 Å². The molecule has 0 radical (unpaired) electrons. The van der Waals surface area contributed by atoms with Crippen LogP contribution >= 0.6 is 0 Å². The molecule has 0 fully saturated rings. The number of aryl methyl sites for hydroxylation is 1. The first-order valence-electron chi connectivity index (χ1n) is 10.9. The van der Waals surface area contributed by atoms with Gasteiger partial charge in [-0.25, -0.2) is 8.42 Å². The molecule has 0 heterocycles. The van der Waals surface area contributed by atoms with Crippen LogP contribution in [0.5, 0.6) is 0 Å².